The molecule has 0 heterocycles. The first kappa shape index (κ1) is 18.8. The Hall–Kier alpha value is -0.160. The Morgan fingerprint density at radius 1 is 0.947 bits per heavy atom. The Balaban J connectivity index is 4.02. The van der Waals surface area contributed by atoms with Crippen LogP contribution in [-0.4, -0.2) is 57.0 Å². The van der Waals surface area contributed by atoms with E-state index in [0.29, 0.717) is 0 Å². The van der Waals surface area contributed by atoms with Crippen molar-refractivity contribution >= 4 is 0 Å². The van der Waals surface area contributed by atoms with Crippen molar-refractivity contribution < 1.29 is 9.47 Å². The van der Waals surface area contributed by atoms with Gasteiger partial charge in [0.05, 0.1) is 13.2 Å². The lowest BCUT2D eigenvalue weighted by Crippen LogP contribution is -2.40. The summed E-state index contributed by atoms with van der Waals surface area (Å²) in [6.45, 7) is 16.7. The molecule has 0 aromatic carbocycles. The van der Waals surface area contributed by atoms with Crippen LogP contribution in [0.2, 0.25) is 0 Å². The van der Waals surface area contributed by atoms with Gasteiger partial charge in [-0.1, -0.05) is 20.8 Å². The SMILES string of the molecule is CCOCCN(CCOCC)CCC(N)C(C)(C)C. The van der Waals surface area contributed by atoms with Crippen LogP contribution in [0, 0.1) is 5.41 Å². The fraction of sp³-hybridized carbons (Fsp3) is 1.00. The van der Waals surface area contributed by atoms with Crippen LogP contribution in [0.5, 0.6) is 0 Å². The van der Waals surface area contributed by atoms with E-state index in [-0.39, 0.29) is 11.5 Å². The molecule has 0 fully saturated rings. The fourth-order valence-corrected chi connectivity index (χ4v) is 1.77. The van der Waals surface area contributed by atoms with E-state index in [1.165, 1.54) is 0 Å². The van der Waals surface area contributed by atoms with Gasteiger partial charge in [0.2, 0.25) is 0 Å². The maximum atomic E-state index is 6.22. The Morgan fingerprint density at radius 3 is 1.79 bits per heavy atom. The predicted molar refractivity (Wildman–Crippen MR) is 81.5 cm³/mol. The second-order valence-corrected chi connectivity index (χ2v) is 6.00. The smallest absolute Gasteiger partial charge is 0.0593 e. The van der Waals surface area contributed by atoms with Crippen molar-refractivity contribution in [3.8, 4) is 0 Å². The van der Waals surface area contributed by atoms with E-state index in [4.69, 9.17) is 15.2 Å². The first-order chi connectivity index (χ1) is 8.91. The lowest BCUT2D eigenvalue weighted by molar-refractivity contribution is 0.0796. The highest BCUT2D eigenvalue weighted by atomic mass is 16.5. The van der Waals surface area contributed by atoms with Crippen molar-refractivity contribution in [1.82, 2.24) is 4.90 Å². The van der Waals surface area contributed by atoms with Gasteiger partial charge in [-0.25, -0.2) is 0 Å². The molecule has 2 N–H and O–H groups in total. The second kappa shape index (κ2) is 10.6. The molecule has 0 aliphatic carbocycles. The van der Waals surface area contributed by atoms with Gasteiger partial charge in [0.1, 0.15) is 0 Å². The summed E-state index contributed by atoms with van der Waals surface area (Å²) in [5.41, 5.74) is 6.39. The Morgan fingerprint density at radius 2 is 1.42 bits per heavy atom. The summed E-state index contributed by atoms with van der Waals surface area (Å²) in [6.07, 6.45) is 1.02. The zero-order valence-corrected chi connectivity index (χ0v) is 13.6. The molecule has 4 heteroatoms. The summed E-state index contributed by atoms with van der Waals surface area (Å²) < 4.78 is 10.9. The molecule has 0 spiro atoms. The highest BCUT2D eigenvalue weighted by Crippen LogP contribution is 2.19. The van der Waals surface area contributed by atoms with Crippen molar-refractivity contribution in [3.05, 3.63) is 0 Å². The minimum Gasteiger partial charge on any atom is -0.380 e. The van der Waals surface area contributed by atoms with Crippen LogP contribution < -0.4 is 5.73 Å². The molecule has 1 unspecified atom stereocenters. The number of hydrogen-bond acceptors (Lipinski definition) is 4. The lowest BCUT2D eigenvalue weighted by Gasteiger charge is -2.30. The third-order valence-electron chi connectivity index (χ3n) is 3.38. The number of hydrogen-bond donors (Lipinski definition) is 1. The van der Waals surface area contributed by atoms with E-state index in [1.54, 1.807) is 0 Å². The number of nitrogens with zero attached hydrogens (tertiary/aromatic N) is 1. The maximum absolute atomic E-state index is 6.22. The zero-order chi connectivity index (χ0) is 14.7. The van der Waals surface area contributed by atoms with Crippen molar-refractivity contribution in [1.29, 1.82) is 0 Å². The molecule has 19 heavy (non-hydrogen) atoms. The predicted octanol–water partition coefficient (Wildman–Crippen LogP) is 2.12. The molecule has 0 radical (unpaired) electrons. The van der Waals surface area contributed by atoms with E-state index >= 15 is 0 Å². The molecule has 0 bridgehead atoms. The van der Waals surface area contributed by atoms with Gasteiger partial charge in [-0.15, -0.1) is 0 Å². The summed E-state index contributed by atoms with van der Waals surface area (Å²) in [5, 5.41) is 0. The highest BCUT2D eigenvalue weighted by Gasteiger charge is 2.21. The first-order valence-corrected chi connectivity index (χ1v) is 7.55. The highest BCUT2D eigenvalue weighted by molar-refractivity contribution is 4.78. The van der Waals surface area contributed by atoms with Crippen molar-refractivity contribution in [3.63, 3.8) is 0 Å². The van der Waals surface area contributed by atoms with Crippen LogP contribution in [0.15, 0.2) is 0 Å². The molecule has 0 aliphatic heterocycles. The molecular weight excluding hydrogens is 240 g/mol. The average molecular weight is 274 g/mol. The molecular formula is C15H34N2O2. The normalized spacial score (nSPS) is 14.1. The van der Waals surface area contributed by atoms with Crippen LogP contribution in [0.3, 0.4) is 0 Å². The summed E-state index contributed by atoms with van der Waals surface area (Å²) in [6, 6.07) is 0.231. The summed E-state index contributed by atoms with van der Waals surface area (Å²) >= 11 is 0. The quantitative estimate of drug-likeness (QED) is 0.586. The van der Waals surface area contributed by atoms with Crippen LogP contribution >= 0.6 is 0 Å². The van der Waals surface area contributed by atoms with Gasteiger partial charge in [0.25, 0.3) is 0 Å². The van der Waals surface area contributed by atoms with Gasteiger partial charge in [0.15, 0.2) is 0 Å². The minimum atomic E-state index is 0.172. The van der Waals surface area contributed by atoms with Crippen LogP contribution in [0.1, 0.15) is 41.0 Å². The first-order valence-electron chi connectivity index (χ1n) is 7.55. The number of rotatable bonds is 11. The molecule has 0 aliphatic rings. The lowest BCUT2D eigenvalue weighted by atomic mass is 9.85. The minimum absolute atomic E-state index is 0.172. The van der Waals surface area contributed by atoms with E-state index in [0.717, 1.165) is 52.5 Å². The van der Waals surface area contributed by atoms with E-state index < -0.39 is 0 Å². The largest absolute Gasteiger partial charge is 0.380 e. The van der Waals surface area contributed by atoms with Crippen molar-refractivity contribution in [2.45, 2.75) is 47.1 Å². The van der Waals surface area contributed by atoms with Gasteiger partial charge in [0, 0.05) is 32.3 Å². The second-order valence-electron chi connectivity index (χ2n) is 6.00. The van der Waals surface area contributed by atoms with Gasteiger partial charge >= 0.3 is 0 Å². The zero-order valence-electron chi connectivity index (χ0n) is 13.6. The monoisotopic (exact) mass is 274 g/mol. The van der Waals surface area contributed by atoms with Gasteiger partial charge < -0.3 is 15.2 Å². The molecule has 0 saturated carbocycles. The van der Waals surface area contributed by atoms with Gasteiger partial charge in [-0.2, -0.15) is 0 Å². The maximum Gasteiger partial charge on any atom is 0.0593 e. The van der Waals surface area contributed by atoms with Gasteiger partial charge in [-0.05, 0) is 32.2 Å². The molecule has 116 valence electrons. The standard InChI is InChI=1S/C15H34N2O2/c1-6-18-12-10-17(11-13-19-7-2)9-8-14(16)15(3,4)5/h14H,6-13,16H2,1-5H3. The van der Waals surface area contributed by atoms with E-state index in [9.17, 15) is 0 Å². The number of nitrogens with two attached hydrogens (primary N) is 1. The van der Waals surface area contributed by atoms with E-state index in [1.807, 2.05) is 13.8 Å². The molecule has 0 aromatic rings. The third kappa shape index (κ3) is 10.3. The number of ether oxygens (including phenoxy) is 2. The van der Waals surface area contributed by atoms with Crippen LogP contribution in [0.25, 0.3) is 0 Å². The van der Waals surface area contributed by atoms with Crippen LogP contribution in [-0.2, 0) is 9.47 Å². The molecule has 0 amide bonds. The molecule has 1 atom stereocenters. The molecule has 0 saturated heterocycles. The summed E-state index contributed by atoms with van der Waals surface area (Å²) in [4.78, 5) is 2.39. The Labute approximate surface area is 119 Å². The van der Waals surface area contributed by atoms with Crippen LogP contribution in [0.4, 0.5) is 0 Å². The molecule has 0 rings (SSSR count). The Kier molecular flexibility index (Phi) is 10.5. The average Bonchev–Trinajstić information content (AvgIpc) is 2.34. The summed E-state index contributed by atoms with van der Waals surface area (Å²) in [7, 11) is 0. The van der Waals surface area contributed by atoms with E-state index in [2.05, 4.69) is 25.7 Å². The van der Waals surface area contributed by atoms with Crippen molar-refractivity contribution in [2.24, 2.45) is 11.1 Å². The summed E-state index contributed by atoms with van der Waals surface area (Å²) in [5.74, 6) is 0. The molecule has 0 aromatic heterocycles. The topological polar surface area (TPSA) is 47.7 Å². The fourth-order valence-electron chi connectivity index (χ4n) is 1.77. The molecule has 4 nitrogen and oxygen atoms in total. The third-order valence-corrected chi connectivity index (χ3v) is 3.38. The van der Waals surface area contributed by atoms with Gasteiger partial charge in [-0.3, -0.25) is 4.90 Å². The Bertz CT molecular complexity index is 195. The van der Waals surface area contributed by atoms with Crippen molar-refractivity contribution in [2.75, 3.05) is 46.1 Å².